The first-order valence-electron chi connectivity index (χ1n) is 9.46. The molecule has 138 valence electrons. The topological polar surface area (TPSA) is 9.72 Å². The van der Waals surface area contributed by atoms with Crippen molar-refractivity contribution in [2.24, 2.45) is 0 Å². The Morgan fingerprint density at radius 2 is 1.62 bits per heavy atom. The molecule has 2 aliphatic rings. The molecule has 5 heteroatoms. The van der Waals surface area contributed by atoms with Crippen LogP contribution in [0.5, 0.6) is 0 Å². The van der Waals surface area contributed by atoms with E-state index in [4.69, 9.17) is 23.2 Å². The van der Waals surface area contributed by atoms with Crippen LogP contribution >= 0.6 is 23.2 Å². The predicted octanol–water partition coefficient (Wildman–Crippen LogP) is 4.92. The molecule has 2 aromatic carbocycles. The van der Waals surface area contributed by atoms with Crippen molar-refractivity contribution in [3.8, 4) is 0 Å². The van der Waals surface area contributed by atoms with E-state index in [2.05, 4.69) is 39.0 Å². The molecule has 2 heterocycles. The average molecular weight is 390 g/mol. The van der Waals surface area contributed by atoms with Gasteiger partial charge in [0, 0.05) is 43.4 Å². The molecule has 3 nitrogen and oxygen atoms in total. The number of anilines is 2. The number of fused-ring (bicyclic) bond motifs is 1. The van der Waals surface area contributed by atoms with Crippen molar-refractivity contribution in [1.82, 2.24) is 4.90 Å². The molecule has 0 N–H and O–H groups in total. The summed E-state index contributed by atoms with van der Waals surface area (Å²) in [6, 6.07) is 14.5. The molecule has 0 aromatic heterocycles. The molecular formula is C21H25Cl2N3. The van der Waals surface area contributed by atoms with E-state index in [9.17, 15) is 0 Å². The van der Waals surface area contributed by atoms with Gasteiger partial charge in [-0.2, -0.15) is 0 Å². The molecule has 0 amide bonds. The van der Waals surface area contributed by atoms with Crippen molar-refractivity contribution in [2.75, 3.05) is 49.2 Å². The second-order valence-corrected chi connectivity index (χ2v) is 8.04. The maximum atomic E-state index is 6.36. The second-order valence-electron chi connectivity index (χ2n) is 7.19. The van der Waals surface area contributed by atoms with Crippen molar-refractivity contribution in [1.29, 1.82) is 0 Å². The van der Waals surface area contributed by atoms with E-state index in [0.29, 0.717) is 0 Å². The van der Waals surface area contributed by atoms with Crippen molar-refractivity contribution < 1.29 is 0 Å². The number of rotatable bonds is 3. The summed E-state index contributed by atoms with van der Waals surface area (Å²) in [6.45, 7) is 6.27. The van der Waals surface area contributed by atoms with Gasteiger partial charge < -0.3 is 9.80 Å². The van der Waals surface area contributed by atoms with Crippen LogP contribution < -0.4 is 9.80 Å². The average Bonchev–Trinajstić information content (AvgIpc) is 2.85. The van der Waals surface area contributed by atoms with Crippen LogP contribution in [-0.2, 0) is 6.42 Å². The van der Waals surface area contributed by atoms with Gasteiger partial charge in [0.05, 0.1) is 17.4 Å². The van der Waals surface area contributed by atoms with Crippen LogP contribution in [0.2, 0.25) is 10.0 Å². The minimum Gasteiger partial charge on any atom is -0.368 e. The summed E-state index contributed by atoms with van der Waals surface area (Å²) < 4.78 is 0. The highest BCUT2D eigenvalue weighted by Crippen LogP contribution is 2.30. The van der Waals surface area contributed by atoms with E-state index >= 15 is 0 Å². The summed E-state index contributed by atoms with van der Waals surface area (Å²) >= 11 is 12.6. The van der Waals surface area contributed by atoms with Gasteiger partial charge in [0.1, 0.15) is 0 Å². The zero-order chi connectivity index (χ0) is 17.9. The molecule has 0 radical (unpaired) electrons. The highest BCUT2D eigenvalue weighted by molar-refractivity contribution is 6.33. The standard InChI is InChI=1S/C21H25Cl2N3/c22-18-8-9-20-17(15-18)5-3-4-10-26(20)16-24-11-13-25(14-12-24)21-7-2-1-6-19(21)23/h1-2,6-9,15H,3-5,10-14,16H2. The Morgan fingerprint density at radius 1 is 0.808 bits per heavy atom. The van der Waals surface area contributed by atoms with Crippen molar-refractivity contribution >= 4 is 34.6 Å². The van der Waals surface area contributed by atoms with E-state index in [-0.39, 0.29) is 0 Å². The Kier molecular flexibility index (Phi) is 5.58. The van der Waals surface area contributed by atoms with Gasteiger partial charge in [0.15, 0.2) is 0 Å². The number of nitrogens with zero attached hydrogens (tertiary/aromatic N) is 3. The Morgan fingerprint density at radius 3 is 2.42 bits per heavy atom. The fraction of sp³-hybridized carbons (Fsp3) is 0.429. The third kappa shape index (κ3) is 3.95. The number of hydrogen-bond acceptors (Lipinski definition) is 3. The zero-order valence-electron chi connectivity index (χ0n) is 15.0. The van der Waals surface area contributed by atoms with Gasteiger partial charge in [-0.05, 0) is 55.2 Å². The predicted molar refractivity (Wildman–Crippen MR) is 112 cm³/mol. The number of para-hydroxylation sites is 1. The van der Waals surface area contributed by atoms with Gasteiger partial charge >= 0.3 is 0 Å². The highest BCUT2D eigenvalue weighted by Gasteiger charge is 2.22. The van der Waals surface area contributed by atoms with Gasteiger partial charge in [-0.25, -0.2) is 0 Å². The van der Waals surface area contributed by atoms with Crippen molar-refractivity contribution in [3.05, 3.63) is 58.1 Å². The van der Waals surface area contributed by atoms with Gasteiger partial charge in [-0.3, -0.25) is 4.90 Å². The van der Waals surface area contributed by atoms with Gasteiger partial charge in [-0.15, -0.1) is 0 Å². The highest BCUT2D eigenvalue weighted by atomic mass is 35.5. The number of halogens is 2. The lowest BCUT2D eigenvalue weighted by molar-refractivity contribution is 0.256. The fourth-order valence-corrected chi connectivity index (χ4v) is 4.48. The summed E-state index contributed by atoms with van der Waals surface area (Å²) in [7, 11) is 0. The van der Waals surface area contributed by atoms with Gasteiger partial charge in [0.2, 0.25) is 0 Å². The molecule has 0 atom stereocenters. The second kappa shape index (κ2) is 8.08. The lowest BCUT2D eigenvalue weighted by Gasteiger charge is -2.39. The molecule has 2 aliphatic heterocycles. The van der Waals surface area contributed by atoms with Crippen LogP contribution in [0.4, 0.5) is 11.4 Å². The summed E-state index contributed by atoms with van der Waals surface area (Å²) in [5, 5.41) is 1.69. The lowest BCUT2D eigenvalue weighted by atomic mass is 10.1. The smallest absolute Gasteiger partial charge is 0.0708 e. The third-order valence-electron chi connectivity index (χ3n) is 5.44. The van der Waals surface area contributed by atoms with Crippen LogP contribution in [0, 0.1) is 0 Å². The monoisotopic (exact) mass is 389 g/mol. The molecule has 4 rings (SSSR count). The number of aryl methyl sites for hydroxylation is 1. The van der Waals surface area contributed by atoms with Gasteiger partial charge in [-0.1, -0.05) is 35.3 Å². The summed E-state index contributed by atoms with van der Waals surface area (Å²) in [4.78, 5) is 7.48. The molecule has 2 aromatic rings. The molecule has 26 heavy (non-hydrogen) atoms. The molecule has 1 fully saturated rings. The van der Waals surface area contributed by atoms with E-state index in [1.807, 2.05) is 18.2 Å². The van der Waals surface area contributed by atoms with Crippen molar-refractivity contribution in [3.63, 3.8) is 0 Å². The lowest BCUT2D eigenvalue weighted by Crippen LogP contribution is -2.50. The Hall–Kier alpha value is -1.42. The minimum absolute atomic E-state index is 0.846. The first kappa shape index (κ1) is 18.0. The van der Waals surface area contributed by atoms with Crippen LogP contribution in [0.3, 0.4) is 0 Å². The number of benzene rings is 2. The fourth-order valence-electron chi connectivity index (χ4n) is 4.03. The molecule has 0 bridgehead atoms. The molecule has 0 aliphatic carbocycles. The number of hydrogen-bond donors (Lipinski definition) is 0. The summed E-state index contributed by atoms with van der Waals surface area (Å²) in [5.41, 5.74) is 3.91. The Bertz CT molecular complexity index is 757. The SMILES string of the molecule is Clc1ccc2c(c1)CCCCN2CN1CCN(c2ccccc2Cl)CC1. The Balaban J connectivity index is 1.41. The molecular weight excluding hydrogens is 365 g/mol. The molecule has 0 unspecified atom stereocenters. The van der Waals surface area contributed by atoms with Crippen molar-refractivity contribution in [2.45, 2.75) is 19.3 Å². The Labute approximate surface area is 166 Å². The number of piperazine rings is 1. The first-order chi connectivity index (χ1) is 12.7. The van der Waals surface area contributed by atoms with Crippen LogP contribution in [0.15, 0.2) is 42.5 Å². The first-order valence-corrected chi connectivity index (χ1v) is 10.2. The normalized spacial score (nSPS) is 18.5. The van der Waals surface area contributed by atoms with Crippen LogP contribution in [0.1, 0.15) is 18.4 Å². The minimum atomic E-state index is 0.846. The van der Waals surface area contributed by atoms with E-state index in [1.54, 1.807) is 0 Å². The molecule has 0 saturated carbocycles. The summed E-state index contributed by atoms with van der Waals surface area (Å²) in [5.74, 6) is 0. The van der Waals surface area contributed by atoms with E-state index in [1.165, 1.54) is 24.1 Å². The third-order valence-corrected chi connectivity index (χ3v) is 6.00. The largest absolute Gasteiger partial charge is 0.368 e. The molecule has 0 spiro atoms. The van der Waals surface area contributed by atoms with E-state index < -0.39 is 0 Å². The quantitative estimate of drug-likeness (QED) is 0.737. The van der Waals surface area contributed by atoms with Gasteiger partial charge in [0.25, 0.3) is 0 Å². The van der Waals surface area contributed by atoms with Crippen LogP contribution in [0.25, 0.3) is 0 Å². The maximum absolute atomic E-state index is 6.36. The molecule has 1 saturated heterocycles. The van der Waals surface area contributed by atoms with Crippen LogP contribution in [-0.4, -0.2) is 44.3 Å². The zero-order valence-corrected chi connectivity index (χ0v) is 16.5. The maximum Gasteiger partial charge on any atom is 0.0708 e. The summed E-state index contributed by atoms with van der Waals surface area (Å²) in [6.07, 6.45) is 3.61. The van der Waals surface area contributed by atoms with E-state index in [0.717, 1.165) is 61.5 Å².